The van der Waals surface area contributed by atoms with Crippen LogP contribution in [0, 0.1) is 17.8 Å². The smallest absolute Gasteiger partial charge is 0.410 e. The quantitative estimate of drug-likeness (QED) is 0.0352. The lowest BCUT2D eigenvalue weighted by atomic mass is 9.55. The molecule has 0 radical (unpaired) electrons. The summed E-state index contributed by atoms with van der Waals surface area (Å²) in [6, 6.07) is 38.3. The Morgan fingerprint density at radius 2 is 1.55 bits per heavy atom. The standard InChI is InChI=1S/C55H62N2O9/c1-2-30-64-55-51(57(36-43-23-15-22-41-20-9-10-24-45(41)43)54(61)63-32-31-62-37-39-16-5-3-6-17-39)35-49(56-65-38-40-18-7-4-8-19-40)47-33-42(21-11-13-28-58)46(25-12-14-29-59)52(53(47)55)48-34-44(60)26-27-50(48)66-55/h2-10,15-20,22-24,26-27,33-34,42,46,51-53,58-60H,1,11-14,21,25,28-32,35-38H2/t42-,46+,51-,52+,53+,55+/m0/s1. The number of unbranched alkanes of at least 4 members (excludes halogenated alkanes) is 2. The maximum atomic E-state index is 15.1. The van der Waals surface area contributed by atoms with Crippen molar-refractivity contribution in [3.05, 3.63) is 168 Å². The van der Waals surface area contributed by atoms with Gasteiger partial charge >= 0.3 is 6.09 Å². The van der Waals surface area contributed by atoms with Crippen molar-refractivity contribution in [3.8, 4) is 11.5 Å². The fraction of sp³-hybridized carbons (Fsp3) is 0.382. The zero-order chi connectivity index (χ0) is 45.7. The molecule has 11 heteroatoms. The third-order valence-corrected chi connectivity index (χ3v) is 13.3. The molecule has 3 N–H and O–H groups in total. The maximum Gasteiger partial charge on any atom is 0.410 e. The molecule has 6 atom stereocenters. The lowest BCUT2D eigenvalue weighted by molar-refractivity contribution is -0.256. The molecule has 346 valence electrons. The summed E-state index contributed by atoms with van der Waals surface area (Å²) in [4.78, 5) is 23.1. The van der Waals surface area contributed by atoms with Crippen LogP contribution in [0.4, 0.5) is 4.79 Å². The Bertz CT molecular complexity index is 2440. The minimum absolute atomic E-state index is 0.00520. The topological polar surface area (TPSA) is 140 Å². The number of nitrogens with zero attached hydrogens (tertiary/aromatic N) is 2. The molecule has 1 saturated carbocycles. The van der Waals surface area contributed by atoms with Gasteiger partial charge in [0.05, 0.1) is 38.0 Å². The van der Waals surface area contributed by atoms with E-state index in [9.17, 15) is 15.3 Å². The second-order valence-electron chi connectivity index (χ2n) is 17.5. The number of phenols is 1. The molecule has 1 amide bonds. The third-order valence-electron chi connectivity index (χ3n) is 13.3. The number of allylic oxidation sites excluding steroid dienone is 1. The summed E-state index contributed by atoms with van der Waals surface area (Å²) in [5, 5.41) is 38.0. The molecule has 1 fully saturated rings. The van der Waals surface area contributed by atoms with Crippen LogP contribution in [0.3, 0.4) is 0 Å². The number of fused-ring (bicyclic) bond motifs is 3. The van der Waals surface area contributed by atoms with Crippen molar-refractivity contribution < 1.29 is 43.9 Å². The lowest BCUT2D eigenvalue weighted by Crippen LogP contribution is -2.70. The van der Waals surface area contributed by atoms with Crippen molar-refractivity contribution in [1.82, 2.24) is 4.90 Å². The minimum Gasteiger partial charge on any atom is -0.508 e. The van der Waals surface area contributed by atoms with Crippen LogP contribution in [0.1, 0.15) is 73.1 Å². The molecule has 66 heavy (non-hydrogen) atoms. The van der Waals surface area contributed by atoms with E-state index in [1.165, 1.54) is 0 Å². The number of carbonyl (C=O) groups is 1. The van der Waals surface area contributed by atoms with Gasteiger partial charge in [-0.25, -0.2) is 4.79 Å². The Morgan fingerprint density at radius 3 is 2.30 bits per heavy atom. The summed E-state index contributed by atoms with van der Waals surface area (Å²) in [5.74, 6) is -1.62. The average molecular weight is 895 g/mol. The summed E-state index contributed by atoms with van der Waals surface area (Å²) in [6.07, 6.45) is 8.09. The highest BCUT2D eigenvalue weighted by Crippen LogP contribution is 2.62. The molecule has 0 unspecified atom stereocenters. The van der Waals surface area contributed by atoms with E-state index < -0.39 is 23.8 Å². The van der Waals surface area contributed by atoms with E-state index in [0.717, 1.165) is 64.3 Å². The number of aliphatic hydroxyl groups is 2. The van der Waals surface area contributed by atoms with Crippen LogP contribution in [0.15, 0.2) is 151 Å². The predicted molar refractivity (Wildman–Crippen MR) is 255 cm³/mol. The summed E-state index contributed by atoms with van der Waals surface area (Å²) in [7, 11) is 0. The maximum absolute atomic E-state index is 15.1. The zero-order valence-electron chi connectivity index (χ0n) is 37.6. The van der Waals surface area contributed by atoms with Crippen molar-refractivity contribution in [1.29, 1.82) is 0 Å². The second kappa shape index (κ2) is 22.5. The summed E-state index contributed by atoms with van der Waals surface area (Å²) >= 11 is 0. The predicted octanol–water partition coefficient (Wildman–Crippen LogP) is 10.2. The van der Waals surface area contributed by atoms with Gasteiger partial charge in [0.2, 0.25) is 5.79 Å². The van der Waals surface area contributed by atoms with Gasteiger partial charge in [-0.1, -0.05) is 133 Å². The highest BCUT2D eigenvalue weighted by molar-refractivity contribution is 6.03. The third kappa shape index (κ3) is 10.5. The van der Waals surface area contributed by atoms with Crippen molar-refractivity contribution in [2.75, 3.05) is 33.0 Å². The molecule has 2 aliphatic carbocycles. The lowest BCUT2D eigenvalue weighted by Gasteiger charge is -2.59. The first-order chi connectivity index (χ1) is 32.4. The Labute approximate surface area is 387 Å². The summed E-state index contributed by atoms with van der Waals surface area (Å²) in [6.45, 7) is 5.29. The number of rotatable bonds is 22. The first-order valence-electron chi connectivity index (χ1n) is 23.4. The molecule has 3 aliphatic rings. The highest BCUT2D eigenvalue weighted by Gasteiger charge is 2.65. The van der Waals surface area contributed by atoms with Gasteiger partial charge < -0.3 is 39.1 Å². The number of benzene rings is 5. The van der Waals surface area contributed by atoms with Gasteiger partial charge in [0.15, 0.2) is 0 Å². The van der Waals surface area contributed by atoms with Crippen LogP contribution >= 0.6 is 0 Å². The van der Waals surface area contributed by atoms with Gasteiger partial charge in [0.1, 0.15) is 30.8 Å². The first kappa shape index (κ1) is 46.5. The highest BCUT2D eigenvalue weighted by atomic mass is 16.7. The number of aromatic hydroxyl groups is 1. The van der Waals surface area contributed by atoms with E-state index in [2.05, 4.69) is 30.9 Å². The molecule has 1 heterocycles. The Hall–Kier alpha value is -5.98. The van der Waals surface area contributed by atoms with E-state index >= 15 is 4.79 Å². The van der Waals surface area contributed by atoms with Gasteiger partial charge in [-0.3, -0.25) is 4.90 Å². The SMILES string of the molecule is C=CCO[C@@]12Oc3ccc(O)cc3[C@H]3[C@H](CCCCO)[C@@H](CCCCO)C=C(C(=NOCc4ccccc4)C[C@@H]1N(Cc1cccc4ccccc14)C(=O)OCCOCc1ccccc1)[C@H]32. The first-order valence-corrected chi connectivity index (χ1v) is 23.4. The van der Waals surface area contributed by atoms with Crippen LogP contribution in [-0.4, -0.2) is 76.9 Å². The molecule has 5 aromatic carbocycles. The molecule has 0 aromatic heterocycles. The van der Waals surface area contributed by atoms with Crippen molar-refractivity contribution >= 4 is 22.6 Å². The number of aliphatic hydroxyl groups excluding tert-OH is 2. The number of hydrogen-bond acceptors (Lipinski definition) is 10. The van der Waals surface area contributed by atoms with Crippen LogP contribution in [0.25, 0.3) is 10.8 Å². The number of oxime groups is 1. The van der Waals surface area contributed by atoms with Gasteiger partial charge in [-0.15, -0.1) is 6.58 Å². The normalized spacial score (nSPS) is 22.4. The van der Waals surface area contributed by atoms with E-state index in [-0.39, 0.29) is 76.1 Å². The number of ether oxygens (including phenoxy) is 4. The fourth-order valence-electron chi connectivity index (χ4n) is 10.4. The molecular weight excluding hydrogens is 833 g/mol. The largest absolute Gasteiger partial charge is 0.508 e. The van der Waals surface area contributed by atoms with E-state index in [1.807, 2.05) is 84.9 Å². The summed E-state index contributed by atoms with van der Waals surface area (Å²) < 4.78 is 26.7. The Morgan fingerprint density at radius 1 is 0.833 bits per heavy atom. The Balaban J connectivity index is 1.28. The minimum atomic E-state index is -1.51. The van der Waals surface area contributed by atoms with Gasteiger partial charge in [0, 0.05) is 31.1 Å². The van der Waals surface area contributed by atoms with Crippen LogP contribution in [0.5, 0.6) is 11.5 Å². The summed E-state index contributed by atoms with van der Waals surface area (Å²) in [5.41, 5.74) is 5.30. The molecule has 0 saturated heterocycles. The Kier molecular flexibility index (Phi) is 15.9. The van der Waals surface area contributed by atoms with Gasteiger partial charge in [-0.2, -0.15) is 0 Å². The van der Waals surface area contributed by atoms with Crippen LogP contribution in [0.2, 0.25) is 0 Å². The molecule has 5 aromatic rings. The number of amides is 1. The van der Waals surface area contributed by atoms with E-state index in [0.29, 0.717) is 30.9 Å². The van der Waals surface area contributed by atoms with Crippen molar-refractivity contribution in [3.63, 3.8) is 0 Å². The average Bonchev–Trinajstić information content (AvgIpc) is 3.34. The van der Waals surface area contributed by atoms with Crippen molar-refractivity contribution in [2.24, 2.45) is 22.9 Å². The van der Waals surface area contributed by atoms with Gasteiger partial charge in [-0.05, 0) is 88.8 Å². The molecule has 1 aliphatic heterocycles. The molecule has 8 rings (SSSR count). The van der Waals surface area contributed by atoms with Gasteiger partial charge in [0.25, 0.3) is 0 Å². The fourth-order valence-corrected chi connectivity index (χ4v) is 10.4. The number of carbonyl (C=O) groups excluding carboxylic acids is 1. The number of phenolic OH excluding ortho intramolecular Hbond substituents is 1. The monoisotopic (exact) mass is 894 g/mol. The number of hydrogen-bond donors (Lipinski definition) is 3. The van der Waals surface area contributed by atoms with Crippen LogP contribution < -0.4 is 4.74 Å². The molecule has 0 spiro atoms. The molecular formula is C55H62N2O9. The van der Waals surface area contributed by atoms with Crippen LogP contribution in [-0.2, 0) is 38.8 Å². The van der Waals surface area contributed by atoms with Crippen molar-refractivity contribution in [2.45, 2.75) is 82.5 Å². The van der Waals surface area contributed by atoms with E-state index in [1.54, 1.807) is 29.2 Å². The molecule has 11 nitrogen and oxygen atoms in total. The zero-order valence-corrected chi connectivity index (χ0v) is 37.6. The van der Waals surface area contributed by atoms with E-state index in [4.69, 9.17) is 28.9 Å². The second-order valence-corrected chi connectivity index (χ2v) is 17.5. The molecule has 0 bridgehead atoms.